The molecule has 0 spiro atoms. The molecule has 2 atom stereocenters. The van der Waals surface area contributed by atoms with Gasteiger partial charge in [0.1, 0.15) is 0 Å². The van der Waals surface area contributed by atoms with Gasteiger partial charge >= 0.3 is 0 Å². The fraction of sp³-hybridized carbons (Fsp3) is 1.00. The molecule has 0 aromatic heterocycles. The molecule has 1 rings (SSSR count). The van der Waals surface area contributed by atoms with Crippen molar-refractivity contribution in [3.63, 3.8) is 0 Å². The predicted molar refractivity (Wildman–Crippen MR) is 62.7 cm³/mol. The molecular formula is C13H26O2. The highest BCUT2D eigenvalue weighted by atomic mass is 16.3. The first-order valence-corrected chi connectivity index (χ1v) is 6.27. The average molecular weight is 214 g/mol. The van der Waals surface area contributed by atoms with Crippen LogP contribution in [0, 0.1) is 11.3 Å². The van der Waals surface area contributed by atoms with Gasteiger partial charge in [0.05, 0.1) is 12.2 Å². The Balaban J connectivity index is 2.36. The maximum Gasteiger partial charge on any atom is 0.0847 e. The van der Waals surface area contributed by atoms with Crippen molar-refractivity contribution in [3.05, 3.63) is 0 Å². The summed E-state index contributed by atoms with van der Waals surface area (Å²) in [7, 11) is 0. The zero-order valence-electron chi connectivity index (χ0n) is 10.4. The van der Waals surface area contributed by atoms with E-state index in [1.165, 1.54) is 32.1 Å². The zero-order valence-corrected chi connectivity index (χ0v) is 10.4. The minimum Gasteiger partial charge on any atom is -0.390 e. The van der Waals surface area contributed by atoms with E-state index in [-0.39, 0.29) is 5.41 Å². The van der Waals surface area contributed by atoms with E-state index in [0.29, 0.717) is 5.92 Å². The van der Waals surface area contributed by atoms with Crippen LogP contribution < -0.4 is 0 Å². The van der Waals surface area contributed by atoms with Gasteiger partial charge in [0, 0.05) is 0 Å². The molecule has 0 radical (unpaired) electrons. The molecule has 0 aromatic carbocycles. The molecule has 0 aliphatic heterocycles. The predicted octanol–water partition coefficient (Wildman–Crippen LogP) is 2.72. The highest BCUT2D eigenvalue weighted by molar-refractivity contribution is 4.82. The fourth-order valence-electron chi connectivity index (χ4n) is 2.47. The van der Waals surface area contributed by atoms with Gasteiger partial charge in [0.25, 0.3) is 0 Å². The Bertz CT molecular complexity index is 177. The molecule has 1 saturated carbocycles. The molecule has 2 unspecified atom stereocenters. The van der Waals surface area contributed by atoms with E-state index >= 15 is 0 Å². The second kappa shape index (κ2) is 5.31. The smallest absolute Gasteiger partial charge is 0.0847 e. The molecule has 0 aromatic rings. The summed E-state index contributed by atoms with van der Waals surface area (Å²) in [6.45, 7) is 5.92. The summed E-state index contributed by atoms with van der Waals surface area (Å²) < 4.78 is 0. The second-order valence-corrected chi connectivity index (χ2v) is 6.12. The number of aliphatic hydroxyl groups excluding tert-OH is 2. The van der Waals surface area contributed by atoms with Crippen molar-refractivity contribution in [1.82, 2.24) is 0 Å². The van der Waals surface area contributed by atoms with Crippen molar-refractivity contribution < 1.29 is 10.2 Å². The van der Waals surface area contributed by atoms with Gasteiger partial charge in [0.15, 0.2) is 0 Å². The summed E-state index contributed by atoms with van der Waals surface area (Å²) in [5.41, 5.74) is -0.214. The van der Waals surface area contributed by atoms with Gasteiger partial charge in [-0.1, -0.05) is 52.9 Å². The lowest BCUT2D eigenvalue weighted by Crippen LogP contribution is -2.38. The second-order valence-electron chi connectivity index (χ2n) is 6.12. The minimum atomic E-state index is -0.598. The van der Waals surface area contributed by atoms with Crippen LogP contribution in [0.3, 0.4) is 0 Å². The van der Waals surface area contributed by atoms with E-state index in [1.807, 2.05) is 20.8 Å². The average Bonchev–Trinajstić information content (AvgIpc) is 2.16. The monoisotopic (exact) mass is 214 g/mol. The van der Waals surface area contributed by atoms with Crippen LogP contribution in [0.1, 0.15) is 59.3 Å². The van der Waals surface area contributed by atoms with Gasteiger partial charge in [-0.3, -0.25) is 0 Å². The fourth-order valence-corrected chi connectivity index (χ4v) is 2.47. The van der Waals surface area contributed by atoms with Crippen LogP contribution in [0.4, 0.5) is 0 Å². The standard InChI is InChI=1S/C13H26O2/c1-13(2,3)12(15)11(14)9-10-7-5-4-6-8-10/h10-12,14-15H,4-9H2,1-3H3. The van der Waals surface area contributed by atoms with Crippen LogP contribution in [0.5, 0.6) is 0 Å². The number of rotatable bonds is 3. The Morgan fingerprint density at radius 1 is 1.07 bits per heavy atom. The summed E-state index contributed by atoms with van der Waals surface area (Å²) in [6, 6.07) is 0. The van der Waals surface area contributed by atoms with Crippen molar-refractivity contribution in [2.45, 2.75) is 71.5 Å². The molecule has 0 amide bonds. The summed E-state index contributed by atoms with van der Waals surface area (Å²) in [5.74, 6) is 0.630. The van der Waals surface area contributed by atoms with Crippen LogP contribution in [0.25, 0.3) is 0 Å². The topological polar surface area (TPSA) is 40.5 Å². The molecular weight excluding hydrogens is 188 g/mol. The van der Waals surface area contributed by atoms with Crippen LogP contribution in [-0.2, 0) is 0 Å². The molecule has 2 N–H and O–H groups in total. The largest absolute Gasteiger partial charge is 0.390 e. The number of hydrogen-bond donors (Lipinski definition) is 2. The van der Waals surface area contributed by atoms with E-state index in [4.69, 9.17) is 0 Å². The molecule has 15 heavy (non-hydrogen) atoms. The third-order valence-corrected chi connectivity index (χ3v) is 3.55. The maximum atomic E-state index is 9.96. The molecule has 0 heterocycles. The quantitative estimate of drug-likeness (QED) is 0.758. The van der Waals surface area contributed by atoms with Gasteiger partial charge in [-0.2, -0.15) is 0 Å². The van der Waals surface area contributed by atoms with Gasteiger partial charge in [-0.25, -0.2) is 0 Å². The highest BCUT2D eigenvalue weighted by Crippen LogP contribution is 2.31. The van der Waals surface area contributed by atoms with Crippen LogP contribution >= 0.6 is 0 Å². The third kappa shape index (κ3) is 4.12. The Labute approximate surface area is 93.7 Å². The third-order valence-electron chi connectivity index (χ3n) is 3.55. The first-order chi connectivity index (χ1) is 6.91. The Kier molecular flexibility index (Phi) is 4.60. The number of hydrogen-bond acceptors (Lipinski definition) is 2. The van der Waals surface area contributed by atoms with Gasteiger partial charge in [-0.15, -0.1) is 0 Å². The van der Waals surface area contributed by atoms with E-state index in [0.717, 1.165) is 6.42 Å². The van der Waals surface area contributed by atoms with Crippen molar-refractivity contribution in [2.75, 3.05) is 0 Å². The highest BCUT2D eigenvalue weighted by Gasteiger charge is 2.30. The molecule has 90 valence electrons. The molecule has 1 aliphatic carbocycles. The van der Waals surface area contributed by atoms with Crippen LogP contribution in [-0.4, -0.2) is 22.4 Å². The van der Waals surface area contributed by atoms with Gasteiger partial charge < -0.3 is 10.2 Å². The SMILES string of the molecule is CC(C)(C)C(O)C(O)CC1CCCCC1. The number of aliphatic hydroxyl groups is 2. The molecule has 1 fully saturated rings. The van der Waals surface area contributed by atoms with Crippen LogP contribution in [0.15, 0.2) is 0 Å². The van der Waals surface area contributed by atoms with Crippen molar-refractivity contribution >= 4 is 0 Å². The Morgan fingerprint density at radius 2 is 1.60 bits per heavy atom. The molecule has 2 heteroatoms. The lowest BCUT2D eigenvalue weighted by molar-refractivity contribution is -0.0554. The van der Waals surface area contributed by atoms with Crippen LogP contribution in [0.2, 0.25) is 0 Å². The summed E-state index contributed by atoms with van der Waals surface area (Å²) in [5, 5.41) is 19.9. The Morgan fingerprint density at radius 3 is 2.07 bits per heavy atom. The molecule has 0 bridgehead atoms. The van der Waals surface area contributed by atoms with E-state index in [1.54, 1.807) is 0 Å². The van der Waals surface area contributed by atoms with Crippen molar-refractivity contribution in [2.24, 2.45) is 11.3 Å². The normalized spacial score (nSPS) is 23.8. The maximum absolute atomic E-state index is 9.96. The lowest BCUT2D eigenvalue weighted by atomic mass is 9.79. The minimum absolute atomic E-state index is 0.214. The zero-order chi connectivity index (χ0) is 11.5. The molecule has 1 aliphatic rings. The summed E-state index contributed by atoms with van der Waals surface area (Å²) in [4.78, 5) is 0. The first kappa shape index (κ1) is 13.0. The van der Waals surface area contributed by atoms with E-state index < -0.39 is 12.2 Å². The Hall–Kier alpha value is -0.0800. The van der Waals surface area contributed by atoms with E-state index in [9.17, 15) is 10.2 Å². The van der Waals surface area contributed by atoms with Crippen molar-refractivity contribution in [3.8, 4) is 0 Å². The molecule has 0 saturated heterocycles. The first-order valence-electron chi connectivity index (χ1n) is 6.27. The molecule has 2 nitrogen and oxygen atoms in total. The van der Waals surface area contributed by atoms with Gasteiger partial charge in [-0.05, 0) is 17.8 Å². The summed E-state index contributed by atoms with van der Waals surface area (Å²) >= 11 is 0. The summed E-state index contributed by atoms with van der Waals surface area (Å²) in [6.07, 6.45) is 6.02. The lowest BCUT2D eigenvalue weighted by Gasteiger charge is -2.32. The van der Waals surface area contributed by atoms with E-state index in [2.05, 4.69) is 0 Å². The van der Waals surface area contributed by atoms with Crippen molar-refractivity contribution in [1.29, 1.82) is 0 Å². The van der Waals surface area contributed by atoms with Gasteiger partial charge in [0.2, 0.25) is 0 Å².